The van der Waals surface area contributed by atoms with E-state index in [4.69, 9.17) is 16.3 Å². The summed E-state index contributed by atoms with van der Waals surface area (Å²) in [7, 11) is 1.89. The lowest BCUT2D eigenvalue weighted by molar-refractivity contribution is 0.0593. The lowest BCUT2D eigenvalue weighted by Gasteiger charge is -2.33. The van der Waals surface area contributed by atoms with Crippen molar-refractivity contribution >= 4 is 17.5 Å². The van der Waals surface area contributed by atoms with Gasteiger partial charge in [-0.1, -0.05) is 18.0 Å². The summed E-state index contributed by atoms with van der Waals surface area (Å²) in [5, 5.41) is 5.27. The number of likely N-dealkylation sites (tertiary alicyclic amines) is 1. The molecular weight excluding hydrogens is 350 g/mol. The van der Waals surface area contributed by atoms with Gasteiger partial charge in [-0.2, -0.15) is 5.10 Å². The normalized spacial score (nSPS) is 18.6. The molecule has 0 atom stereocenters. The number of nitrogens with zero attached hydrogens (tertiary/aromatic N) is 3. The number of aryl methyl sites for hydroxylation is 1. The summed E-state index contributed by atoms with van der Waals surface area (Å²) in [4.78, 5) is 14.9. The predicted molar refractivity (Wildman–Crippen MR) is 101 cm³/mol. The van der Waals surface area contributed by atoms with Crippen LogP contribution in [0.4, 0.5) is 0 Å². The van der Waals surface area contributed by atoms with Gasteiger partial charge in [0.1, 0.15) is 11.9 Å². The van der Waals surface area contributed by atoms with Gasteiger partial charge in [0.15, 0.2) is 0 Å². The molecule has 2 heterocycles. The Morgan fingerprint density at radius 3 is 2.46 bits per heavy atom. The van der Waals surface area contributed by atoms with E-state index in [1.54, 1.807) is 4.68 Å². The fraction of sp³-hybridized carbons (Fsp3) is 0.500. The van der Waals surface area contributed by atoms with Crippen LogP contribution in [-0.2, 0) is 7.05 Å². The van der Waals surface area contributed by atoms with Gasteiger partial charge in [-0.25, -0.2) is 0 Å². The van der Waals surface area contributed by atoms with Gasteiger partial charge in [-0.05, 0) is 37.1 Å². The van der Waals surface area contributed by atoms with Gasteiger partial charge in [0.2, 0.25) is 0 Å². The van der Waals surface area contributed by atoms with Crippen LogP contribution in [0.2, 0.25) is 5.02 Å². The van der Waals surface area contributed by atoms with Crippen molar-refractivity contribution in [2.24, 2.45) is 7.05 Å². The van der Waals surface area contributed by atoms with Crippen LogP contribution in [0.5, 0.6) is 5.75 Å². The van der Waals surface area contributed by atoms with E-state index >= 15 is 0 Å². The van der Waals surface area contributed by atoms with Crippen molar-refractivity contribution in [3.63, 3.8) is 0 Å². The molecule has 5 nitrogen and oxygen atoms in total. The van der Waals surface area contributed by atoms with E-state index in [-0.39, 0.29) is 12.0 Å². The van der Waals surface area contributed by atoms with Gasteiger partial charge < -0.3 is 9.64 Å². The van der Waals surface area contributed by atoms with Gasteiger partial charge in [-0.15, -0.1) is 0 Å². The molecule has 2 fully saturated rings. The van der Waals surface area contributed by atoms with Crippen LogP contribution in [-0.4, -0.2) is 39.8 Å². The quantitative estimate of drug-likeness (QED) is 0.813. The summed E-state index contributed by atoms with van der Waals surface area (Å²) in [6.07, 6.45) is 7.23. The SMILES string of the molecule is Cn1cc(C(=O)N2CCC(Oc3ccc(Cl)cc3)CC2)c(C2CCC2)n1. The maximum absolute atomic E-state index is 13.0. The van der Waals surface area contributed by atoms with Gasteiger partial charge in [0.05, 0.1) is 11.3 Å². The van der Waals surface area contributed by atoms with E-state index in [2.05, 4.69) is 5.10 Å². The minimum atomic E-state index is 0.116. The summed E-state index contributed by atoms with van der Waals surface area (Å²) >= 11 is 5.91. The van der Waals surface area contributed by atoms with Crippen molar-refractivity contribution in [3.8, 4) is 5.75 Å². The molecule has 1 saturated carbocycles. The molecule has 4 rings (SSSR count). The fourth-order valence-electron chi connectivity index (χ4n) is 3.71. The third kappa shape index (κ3) is 3.58. The van der Waals surface area contributed by atoms with E-state index < -0.39 is 0 Å². The van der Waals surface area contributed by atoms with Crippen molar-refractivity contribution in [1.82, 2.24) is 14.7 Å². The molecule has 1 saturated heterocycles. The predicted octanol–water partition coefficient (Wildman–Crippen LogP) is 4.02. The number of piperidine rings is 1. The summed E-state index contributed by atoms with van der Waals surface area (Å²) in [6.45, 7) is 1.44. The number of benzene rings is 1. The van der Waals surface area contributed by atoms with Crippen LogP contribution in [0.25, 0.3) is 0 Å². The van der Waals surface area contributed by atoms with E-state index in [0.29, 0.717) is 10.9 Å². The topological polar surface area (TPSA) is 47.4 Å². The first-order valence-corrected chi connectivity index (χ1v) is 9.73. The standard InChI is InChI=1S/C20H24ClN3O2/c1-23-13-18(19(22-23)14-3-2-4-14)20(25)24-11-9-17(10-12-24)26-16-7-5-15(21)6-8-16/h5-8,13-14,17H,2-4,9-12H2,1H3. The van der Waals surface area contributed by atoms with Crippen LogP contribution < -0.4 is 4.74 Å². The number of ether oxygens (including phenoxy) is 1. The van der Waals surface area contributed by atoms with Gasteiger partial charge in [0, 0.05) is 50.1 Å². The van der Waals surface area contributed by atoms with E-state index in [0.717, 1.165) is 55.8 Å². The lowest BCUT2D eigenvalue weighted by Crippen LogP contribution is -2.42. The zero-order valence-electron chi connectivity index (χ0n) is 15.0. The molecule has 0 radical (unpaired) electrons. The number of aromatic nitrogens is 2. The maximum atomic E-state index is 13.0. The summed E-state index contributed by atoms with van der Waals surface area (Å²) in [5.74, 6) is 1.41. The van der Waals surface area contributed by atoms with E-state index in [1.807, 2.05) is 42.4 Å². The van der Waals surface area contributed by atoms with Crippen LogP contribution >= 0.6 is 11.6 Å². The third-order valence-electron chi connectivity index (χ3n) is 5.43. The number of rotatable bonds is 4. The molecule has 138 valence electrons. The molecule has 0 unspecified atom stereocenters. The zero-order valence-corrected chi connectivity index (χ0v) is 15.8. The second kappa shape index (κ2) is 7.31. The highest BCUT2D eigenvalue weighted by Crippen LogP contribution is 2.37. The zero-order chi connectivity index (χ0) is 18.1. The Labute approximate surface area is 158 Å². The largest absolute Gasteiger partial charge is 0.490 e. The number of hydrogen-bond donors (Lipinski definition) is 0. The monoisotopic (exact) mass is 373 g/mol. The number of amides is 1. The van der Waals surface area contributed by atoms with Crippen LogP contribution in [0, 0.1) is 0 Å². The molecule has 26 heavy (non-hydrogen) atoms. The first kappa shape index (κ1) is 17.4. The number of carbonyl (C=O) groups excluding carboxylic acids is 1. The molecule has 1 aliphatic carbocycles. The van der Waals surface area contributed by atoms with Gasteiger partial charge >= 0.3 is 0 Å². The molecule has 0 spiro atoms. The Balaban J connectivity index is 1.37. The molecule has 2 aromatic rings. The number of carbonyl (C=O) groups is 1. The average Bonchev–Trinajstić information content (AvgIpc) is 2.97. The van der Waals surface area contributed by atoms with Gasteiger partial charge in [0.25, 0.3) is 5.91 Å². The summed E-state index contributed by atoms with van der Waals surface area (Å²) in [6, 6.07) is 7.45. The van der Waals surface area contributed by atoms with E-state index in [9.17, 15) is 4.79 Å². The third-order valence-corrected chi connectivity index (χ3v) is 5.68. The van der Waals surface area contributed by atoms with Crippen molar-refractivity contribution in [2.75, 3.05) is 13.1 Å². The van der Waals surface area contributed by atoms with Crippen LogP contribution in [0.1, 0.15) is 54.1 Å². The van der Waals surface area contributed by atoms with Crippen molar-refractivity contribution < 1.29 is 9.53 Å². The molecule has 1 amide bonds. The Bertz CT molecular complexity index is 775. The van der Waals surface area contributed by atoms with Gasteiger partial charge in [-0.3, -0.25) is 9.48 Å². The molecule has 1 aromatic carbocycles. The number of hydrogen-bond acceptors (Lipinski definition) is 3. The van der Waals surface area contributed by atoms with Crippen molar-refractivity contribution in [1.29, 1.82) is 0 Å². The molecule has 1 aliphatic heterocycles. The molecule has 6 heteroatoms. The average molecular weight is 374 g/mol. The second-order valence-corrected chi connectivity index (χ2v) is 7.73. The highest BCUT2D eigenvalue weighted by molar-refractivity contribution is 6.30. The van der Waals surface area contributed by atoms with Crippen LogP contribution in [0.15, 0.2) is 30.5 Å². The molecule has 2 aliphatic rings. The first-order valence-electron chi connectivity index (χ1n) is 9.35. The Morgan fingerprint density at radius 2 is 1.85 bits per heavy atom. The fourth-order valence-corrected chi connectivity index (χ4v) is 3.83. The molecule has 1 aromatic heterocycles. The minimum absolute atomic E-state index is 0.116. The molecular formula is C20H24ClN3O2. The highest BCUT2D eigenvalue weighted by Gasteiger charge is 2.31. The summed E-state index contributed by atoms with van der Waals surface area (Å²) < 4.78 is 7.80. The minimum Gasteiger partial charge on any atom is -0.490 e. The summed E-state index contributed by atoms with van der Waals surface area (Å²) in [5.41, 5.74) is 1.78. The van der Waals surface area contributed by atoms with Crippen molar-refractivity contribution in [2.45, 2.75) is 44.1 Å². The highest BCUT2D eigenvalue weighted by atomic mass is 35.5. The van der Waals surface area contributed by atoms with Crippen molar-refractivity contribution in [3.05, 3.63) is 46.7 Å². The molecule has 0 bridgehead atoms. The Morgan fingerprint density at radius 1 is 1.15 bits per heavy atom. The lowest BCUT2D eigenvalue weighted by atomic mass is 9.81. The van der Waals surface area contributed by atoms with E-state index in [1.165, 1.54) is 6.42 Å². The number of halogens is 1. The first-order chi connectivity index (χ1) is 12.6. The Kier molecular flexibility index (Phi) is 4.90. The smallest absolute Gasteiger partial charge is 0.257 e. The second-order valence-electron chi connectivity index (χ2n) is 7.29. The van der Waals surface area contributed by atoms with Crippen LogP contribution in [0.3, 0.4) is 0 Å². The molecule has 0 N–H and O–H groups in total. The maximum Gasteiger partial charge on any atom is 0.257 e. The Hall–Kier alpha value is -2.01.